The van der Waals surface area contributed by atoms with Crippen molar-refractivity contribution < 1.29 is 45.5 Å². The first-order valence-electron chi connectivity index (χ1n) is 40.1. The highest BCUT2D eigenvalue weighted by Gasteiger charge is 2.39. The average molecular weight is 1800 g/mol. The van der Waals surface area contributed by atoms with E-state index in [-0.39, 0.29) is 24.8 Å². The quantitative estimate of drug-likeness (QED) is 0.0224. The number of fused-ring (bicyclic) bond motifs is 8. The Bertz CT molecular complexity index is 6720. The summed E-state index contributed by atoms with van der Waals surface area (Å²) in [4.78, 5) is 118. The summed E-state index contributed by atoms with van der Waals surface area (Å²) in [5.74, 6) is 1.95. The van der Waals surface area contributed by atoms with Gasteiger partial charge < -0.3 is 62.5 Å². The predicted octanol–water partition coefficient (Wildman–Crippen LogP) is 18.9. The lowest BCUT2D eigenvalue weighted by molar-refractivity contribution is -0.140. The number of para-hydroxylation sites is 4. The van der Waals surface area contributed by atoms with Crippen molar-refractivity contribution in [2.45, 2.75) is 123 Å². The molecule has 16 aromatic rings. The zero-order valence-corrected chi connectivity index (χ0v) is 72.4. The van der Waals surface area contributed by atoms with Crippen LogP contribution in [0.25, 0.3) is 133 Å². The standard InChI is InChI=1S/C22H20ClF3N6O.C22H21ClF2N6O.C22H22ClFN6O.C22H23ClN6O/c1-3-21(2,20(33)29-11-22(24,25)26)32-19-13-6-4-5-7-16(13)30-18(31-19)15-10-28-17-14(15)8-12(23)9-27-17;1-3-22(2,21(32)28-11-17(24)25)31-20-13-6-4-5-7-16(13)29-19(30-20)15-10-27-18-14(15)8-12(23)9-26-18;1-3-22(2,21(31)25-9-8-24)30-20-14-6-4-5-7-17(14)28-19(29-20)16-12-27-18-15(16)10-13(23)11-26-18;1-4-22(3,21(30)24-5-2)29-20-14-8-6-7-9-17(14)27-19(28-20)16-12-26-18-15(16)10-13(23)11-25-18/h4-10H,3,11H2,1-2H3,(H,27,28)(H,29,33)(H,30,31,32);4-10,17H,3,11H2,1-2H3,(H,26,27)(H,28,32)(H,29,30,31);4-7,10-12H,3,8-9H2,1-2H3,(H,25,31)(H,26,27)(H,28,29,30);6-12H,4-5H2,1-3H3,(H,24,30)(H,25,26)(H,27,28,29)/t21-;3*22-/m1111/s1. The van der Waals surface area contributed by atoms with Crippen molar-refractivity contribution >= 4 is 181 Å². The summed E-state index contributed by atoms with van der Waals surface area (Å²) in [5.41, 5.74) is 4.00. The van der Waals surface area contributed by atoms with E-state index < -0.39 is 66.3 Å². The lowest BCUT2D eigenvalue weighted by atomic mass is 9.97. The molecule has 0 fully saturated rings. The van der Waals surface area contributed by atoms with E-state index in [1.54, 1.807) is 95.2 Å². The lowest BCUT2D eigenvalue weighted by Gasteiger charge is -2.29. The molecule has 0 aliphatic rings. The Morgan fingerprint density at radius 1 is 0.373 bits per heavy atom. The Labute approximate surface area is 736 Å². The number of carbonyl (C=O) groups excluding carboxylic acids is 4. The number of halogens is 10. The van der Waals surface area contributed by atoms with Crippen molar-refractivity contribution in [1.29, 1.82) is 0 Å². The number of anilines is 4. The van der Waals surface area contributed by atoms with Crippen LogP contribution >= 0.6 is 46.4 Å². The second-order valence-electron chi connectivity index (χ2n) is 30.1. The average Bonchev–Trinajstić information content (AvgIpc) is 1.19. The first-order valence-corrected chi connectivity index (χ1v) is 41.6. The number of nitrogens with one attached hydrogen (secondary N) is 12. The van der Waals surface area contributed by atoms with E-state index in [4.69, 9.17) is 71.3 Å². The summed E-state index contributed by atoms with van der Waals surface area (Å²) in [6.45, 7) is 13.9. The van der Waals surface area contributed by atoms with Gasteiger partial charge in [-0.1, -0.05) is 123 Å². The zero-order chi connectivity index (χ0) is 90.0. The SMILES string of the molecule is CCNC(=O)[C@@](C)(CC)Nc1nc(-c2c[nH]c3ncc(Cl)cc23)nc2ccccc12.CC[C@@](C)(Nc1nc(-c2c[nH]c3ncc(Cl)cc23)nc2ccccc12)C(=O)NCC(F)(F)F.CC[C@@](C)(Nc1nc(-c2c[nH]c3ncc(Cl)cc23)nc2ccccc12)C(=O)NCC(F)F.CC[C@@](C)(Nc1nc(-c2c[nH]c3ncc(Cl)cc23)nc2ccccc12)C(=O)NCCF. The van der Waals surface area contributed by atoms with Gasteiger partial charge in [-0.2, -0.15) is 13.2 Å². The largest absolute Gasteiger partial charge is 0.405 e. The number of amides is 4. The third kappa shape index (κ3) is 20.3. The highest BCUT2D eigenvalue weighted by atomic mass is 35.5. The van der Waals surface area contributed by atoms with Gasteiger partial charge in [0.1, 0.15) is 81.2 Å². The maximum Gasteiger partial charge on any atom is 0.405 e. The number of benzene rings is 4. The second-order valence-corrected chi connectivity index (χ2v) is 31.9. The fourth-order valence-electron chi connectivity index (χ4n) is 13.5. The molecule has 0 aliphatic carbocycles. The van der Waals surface area contributed by atoms with E-state index >= 15 is 0 Å². The molecule has 12 aromatic heterocycles. The maximum atomic E-state index is 12.7. The number of likely N-dealkylation sites (N-methyl/N-ethyl adjacent to an activating group) is 1. The third-order valence-corrected chi connectivity index (χ3v) is 22.2. The molecular formula is C88H86Cl4F6N24O4. The van der Waals surface area contributed by atoms with Crippen molar-refractivity contribution in [2.24, 2.45) is 0 Å². The number of hydrogen-bond acceptors (Lipinski definition) is 20. The van der Waals surface area contributed by atoms with Crippen LogP contribution in [0.4, 0.5) is 49.6 Å². The molecule has 16 rings (SSSR count). The first kappa shape index (κ1) is 90.5. The molecule has 0 unspecified atom stereocenters. The zero-order valence-electron chi connectivity index (χ0n) is 69.4. The number of carbonyl (C=O) groups is 4. The highest BCUT2D eigenvalue weighted by Crippen LogP contribution is 2.39. The van der Waals surface area contributed by atoms with Gasteiger partial charge in [-0.15, -0.1) is 0 Å². The molecule has 28 nitrogen and oxygen atoms in total. The molecule has 0 bridgehead atoms. The Morgan fingerprint density at radius 3 is 0.889 bits per heavy atom. The Morgan fingerprint density at radius 2 is 0.635 bits per heavy atom. The number of aromatic amines is 4. The van der Waals surface area contributed by atoms with Crippen LogP contribution in [0.15, 0.2) is 171 Å². The van der Waals surface area contributed by atoms with Crippen LogP contribution < -0.4 is 42.5 Å². The molecule has 38 heteroatoms. The molecule has 652 valence electrons. The molecule has 126 heavy (non-hydrogen) atoms. The van der Waals surface area contributed by atoms with Crippen molar-refractivity contribution in [1.82, 2.24) is 101 Å². The van der Waals surface area contributed by atoms with E-state index in [1.165, 1.54) is 13.1 Å². The predicted molar refractivity (Wildman–Crippen MR) is 484 cm³/mol. The van der Waals surface area contributed by atoms with Gasteiger partial charge in [0.2, 0.25) is 23.6 Å². The van der Waals surface area contributed by atoms with Gasteiger partial charge in [-0.05, 0) is 133 Å². The molecule has 0 saturated carbocycles. The Balaban J connectivity index is 0.000000144. The number of pyridine rings is 4. The van der Waals surface area contributed by atoms with E-state index in [1.807, 2.05) is 130 Å². The number of aromatic nitrogens is 16. The molecule has 0 spiro atoms. The lowest BCUT2D eigenvalue weighted by Crippen LogP contribution is -2.52. The van der Waals surface area contributed by atoms with E-state index in [0.29, 0.717) is 153 Å². The second kappa shape index (κ2) is 38.5. The van der Waals surface area contributed by atoms with Gasteiger partial charge in [0.15, 0.2) is 23.3 Å². The van der Waals surface area contributed by atoms with Crippen molar-refractivity contribution in [3.63, 3.8) is 0 Å². The Kier molecular flexibility index (Phi) is 27.7. The van der Waals surface area contributed by atoms with Crippen LogP contribution in [-0.2, 0) is 19.2 Å². The van der Waals surface area contributed by atoms with E-state index in [2.05, 4.69) is 92.0 Å². The van der Waals surface area contributed by atoms with Gasteiger partial charge in [0.25, 0.3) is 6.43 Å². The number of rotatable bonds is 26. The molecule has 4 aromatic carbocycles. The summed E-state index contributed by atoms with van der Waals surface area (Å²) < 4.78 is 75.7. The molecule has 0 saturated heterocycles. The van der Waals surface area contributed by atoms with Crippen LogP contribution in [0.5, 0.6) is 0 Å². The van der Waals surface area contributed by atoms with E-state index in [9.17, 15) is 45.5 Å². The fraction of sp³-hybridized carbons (Fsp3) is 0.273. The third-order valence-electron chi connectivity index (χ3n) is 21.4. The number of hydrogen-bond donors (Lipinski definition) is 12. The van der Waals surface area contributed by atoms with Crippen LogP contribution in [-0.4, -0.2) is 171 Å². The van der Waals surface area contributed by atoms with Gasteiger partial charge >= 0.3 is 6.18 Å². The van der Waals surface area contributed by atoms with Gasteiger partial charge in [-0.3, -0.25) is 19.2 Å². The maximum absolute atomic E-state index is 12.7. The summed E-state index contributed by atoms with van der Waals surface area (Å²) in [5, 5.41) is 30.7. The van der Waals surface area contributed by atoms with Crippen LogP contribution in [0.2, 0.25) is 20.1 Å². The number of nitrogens with zero attached hydrogens (tertiary/aromatic N) is 12. The van der Waals surface area contributed by atoms with E-state index in [0.717, 1.165) is 49.1 Å². The molecular weight excluding hydrogens is 1710 g/mol. The van der Waals surface area contributed by atoms with Crippen molar-refractivity contribution in [3.8, 4) is 45.6 Å². The summed E-state index contributed by atoms with van der Waals surface area (Å²) in [6.07, 6.45) is 7.79. The molecule has 4 amide bonds. The van der Waals surface area contributed by atoms with Crippen molar-refractivity contribution in [2.75, 3.05) is 54.1 Å². The van der Waals surface area contributed by atoms with Crippen LogP contribution in [0.3, 0.4) is 0 Å². The molecule has 12 heterocycles. The normalized spacial score (nSPS) is 13.5. The van der Waals surface area contributed by atoms with Gasteiger partial charge in [-0.25, -0.2) is 73.0 Å². The minimum absolute atomic E-state index is 0.0328. The van der Waals surface area contributed by atoms with Crippen LogP contribution in [0.1, 0.15) is 88.0 Å². The first-order chi connectivity index (χ1) is 60.3. The monoisotopic (exact) mass is 1800 g/mol. The minimum atomic E-state index is -4.51. The topological polar surface area (TPSA) is 382 Å². The van der Waals surface area contributed by atoms with Gasteiger partial charge in [0, 0.05) is 128 Å². The minimum Gasteiger partial charge on any atom is -0.356 e. The smallest absolute Gasteiger partial charge is 0.356 e. The summed E-state index contributed by atoms with van der Waals surface area (Å²) >= 11 is 24.5. The van der Waals surface area contributed by atoms with Crippen LogP contribution in [0, 0.1) is 0 Å². The Hall–Kier alpha value is -13.2. The summed E-state index contributed by atoms with van der Waals surface area (Å²) in [6, 6.07) is 37.0. The molecule has 0 radical (unpaired) electrons. The molecule has 0 aliphatic heterocycles. The summed E-state index contributed by atoms with van der Waals surface area (Å²) in [7, 11) is 0. The number of alkyl halides is 6. The van der Waals surface area contributed by atoms with Crippen molar-refractivity contribution in [3.05, 3.63) is 191 Å². The molecule has 12 N–H and O–H groups in total. The number of H-pyrrole nitrogens is 4. The van der Waals surface area contributed by atoms with Gasteiger partial charge in [0.05, 0.1) is 48.7 Å². The molecule has 4 atom stereocenters. The highest BCUT2D eigenvalue weighted by molar-refractivity contribution is 6.32. The fourth-order valence-corrected chi connectivity index (χ4v) is 14.2.